The molecule has 0 radical (unpaired) electrons. The van der Waals surface area contributed by atoms with Crippen molar-refractivity contribution in [3.63, 3.8) is 0 Å². The number of alkyl halides is 1. The van der Waals surface area contributed by atoms with Crippen LogP contribution in [0.3, 0.4) is 0 Å². The lowest BCUT2D eigenvalue weighted by molar-refractivity contribution is 0.185. The van der Waals surface area contributed by atoms with E-state index in [1.807, 2.05) is 13.1 Å². The zero-order chi connectivity index (χ0) is 10.7. The lowest BCUT2D eigenvalue weighted by atomic mass is 10.1. The number of piperidine rings is 1. The zero-order valence-corrected chi connectivity index (χ0v) is 9.12. The second-order valence-corrected chi connectivity index (χ2v) is 4.13. The van der Waals surface area contributed by atoms with Crippen molar-refractivity contribution in [1.82, 2.24) is 4.90 Å². The number of allylic oxidation sites excluding steroid dienone is 4. The zero-order valence-electron chi connectivity index (χ0n) is 9.12. The average Bonchev–Trinajstić information content (AvgIpc) is 2.44. The van der Waals surface area contributed by atoms with E-state index in [1.54, 1.807) is 0 Å². The highest BCUT2D eigenvalue weighted by Gasteiger charge is 2.19. The number of aliphatic imine (C=N–C) groups is 1. The van der Waals surface area contributed by atoms with Crippen molar-refractivity contribution in [2.45, 2.75) is 32.4 Å². The van der Waals surface area contributed by atoms with Gasteiger partial charge in [0.15, 0.2) is 0 Å². The van der Waals surface area contributed by atoms with Crippen LogP contribution < -0.4 is 0 Å². The van der Waals surface area contributed by atoms with E-state index in [1.165, 1.54) is 0 Å². The van der Waals surface area contributed by atoms with Crippen LogP contribution in [-0.2, 0) is 0 Å². The lowest BCUT2D eigenvalue weighted by Gasteiger charge is -2.30. The summed E-state index contributed by atoms with van der Waals surface area (Å²) < 4.78 is 13.0. The Morgan fingerprint density at radius 2 is 2.07 bits per heavy atom. The smallest absolute Gasteiger partial charge is 0.103 e. The molecular weight excluding hydrogens is 191 g/mol. The van der Waals surface area contributed by atoms with Gasteiger partial charge in [-0.2, -0.15) is 0 Å². The molecule has 2 rings (SSSR count). The molecule has 0 saturated carbocycles. The molecule has 3 heteroatoms. The molecule has 2 nitrogen and oxygen atoms in total. The number of rotatable bonds is 1. The highest BCUT2D eigenvalue weighted by atomic mass is 19.1. The number of halogens is 1. The minimum absolute atomic E-state index is 0.607. The molecular formula is C12H17FN2. The SMILES string of the molecule is CC1=CCC=C(N2CCC(F)CC2)C=N1. The van der Waals surface area contributed by atoms with E-state index in [-0.39, 0.29) is 0 Å². The second kappa shape index (κ2) is 4.60. The fraction of sp³-hybridized carbons (Fsp3) is 0.583. The van der Waals surface area contributed by atoms with E-state index in [4.69, 9.17) is 0 Å². The minimum atomic E-state index is -0.607. The number of hydrogen-bond donors (Lipinski definition) is 0. The van der Waals surface area contributed by atoms with E-state index >= 15 is 0 Å². The van der Waals surface area contributed by atoms with Gasteiger partial charge in [0.25, 0.3) is 0 Å². The van der Waals surface area contributed by atoms with Gasteiger partial charge in [0.1, 0.15) is 6.17 Å². The summed E-state index contributed by atoms with van der Waals surface area (Å²) in [6.07, 6.45) is 7.79. The fourth-order valence-electron chi connectivity index (χ4n) is 1.94. The Labute approximate surface area is 90.2 Å². The summed E-state index contributed by atoms with van der Waals surface area (Å²) in [5.41, 5.74) is 2.21. The molecule has 2 aliphatic heterocycles. The summed E-state index contributed by atoms with van der Waals surface area (Å²) in [6.45, 7) is 3.64. The molecule has 0 aromatic carbocycles. The predicted molar refractivity (Wildman–Crippen MR) is 60.7 cm³/mol. The third-order valence-corrected chi connectivity index (χ3v) is 2.93. The maximum Gasteiger partial charge on any atom is 0.103 e. The van der Waals surface area contributed by atoms with Gasteiger partial charge >= 0.3 is 0 Å². The summed E-state index contributed by atoms with van der Waals surface area (Å²) in [4.78, 5) is 6.56. The fourth-order valence-corrected chi connectivity index (χ4v) is 1.94. The third-order valence-electron chi connectivity index (χ3n) is 2.93. The normalized spacial score (nSPS) is 23.5. The molecule has 0 atom stereocenters. The first kappa shape index (κ1) is 10.4. The van der Waals surface area contributed by atoms with Crippen LogP contribution in [0.1, 0.15) is 26.2 Å². The van der Waals surface area contributed by atoms with Crippen molar-refractivity contribution >= 4 is 6.21 Å². The van der Waals surface area contributed by atoms with Gasteiger partial charge in [-0.05, 0) is 26.2 Å². The Hall–Kier alpha value is -1.12. The Morgan fingerprint density at radius 3 is 2.80 bits per heavy atom. The molecule has 0 aromatic rings. The van der Waals surface area contributed by atoms with E-state index < -0.39 is 6.17 Å². The highest BCUT2D eigenvalue weighted by molar-refractivity contribution is 5.79. The predicted octanol–water partition coefficient (Wildman–Crippen LogP) is 2.68. The van der Waals surface area contributed by atoms with Crippen molar-refractivity contribution in [3.05, 3.63) is 23.5 Å². The molecule has 2 heterocycles. The van der Waals surface area contributed by atoms with Gasteiger partial charge in [-0.15, -0.1) is 0 Å². The third kappa shape index (κ3) is 2.67. The molecule has 0 aliphatic carbocycles. The first-order valence-corrected chi connectivity index (χ1v) is 5.56. The molecule has 0 aromatic heterocycles. The van der Waals surface area contributed by atoms with Gasteiger partial charge in [0.2, 0.25) is 0 Å². The standard InChI is InChI=1S/C12H17FN2/c1-10-3-2-4-12(9-14-10)15-7-5-11(13)6-8-15/h3-4,9,11H,2,5-8H2,1H3. The van der Waals surface area contributed by atoms with Gasteiger partial charge in [0, 0.05) is 18.8 Å². The first-order chi connectivity index (χ1) is 7.25. The lowest BCUT2D eigenvalue weighted by Crippen LogP contribution is -2.34. The molecule has 0 bridgehead atoms. The van der Waals surface area contributed by atoms with Crippen LogP contribution in [0.5, 0.6) is 0 Å². The Kier molecular flexibility index (Phi) is 3.19. The van der Waals surface area contributed by atoms with Gasteiger partial charge in [-0.1, -0.05) is 12.2 Å². The van der Waals surface area contributed by atoms with Crippen LogP contribution in [0.15, 0.2) is 28.5 Å². The monoisotopic (exact) mass is 208 g/mol. The van der Waals surface area contributed by atoms with Gasteiger partial charge in [0.05, 0.1) is 11.9 Å². The molecule has 1 fully saturated rings. The molecule has 82 valence electrons. The van der Waals surface area contributed by atoms with E-state index in [2.05, 4.69) is 22.0 Å². The molecule has 15 heavy (non-hydrogen) atoms. The van der Waals surface area contributed by atoms with Crippen molar-refractivity contribution < 1.29 is 4.39 Å². The molecule has 0 N–H and O–H groups in total. The highest BCUT2D eigenvalue weighted by Crippen LogP contribution is 2.18. The number of nitrogens with zero attached hydrogens (tertiary/aromatic N) is 2. The summed E-state index contributed by atoms with van der Waals surface area (Å²) in [5.74, 6) is 0. The molecule has 0 amide bonds. The van der Waals surface area contributed by atoms with Crippen LogP contribution in [0.4, 0.5) is 4.39 Å². The summed E-state index contributed by atoms with van der Waals surface area (Å²) in [5, 5.41) is 0. The van der Waals surface area contributed by atoms with Gasteiger partial charge < -0.3 is 4.90 Å². The first-order valence-electron chi connectivity index (χ1n) is 5.56. The van der Waals surface area contributed by atoms with Crippen molar-refractivity contribution in [3.8, 4) is 0 Å². The van der Waals surface area contributed by atoms with Crippen molar-refractivity contribution in [2.24, 2.45) is 4.99 Å². The Bertz CT molecular complexity index is 310. The van der Waals surface area contributed by atoms with Crippen LogP contribution in [0, 0.1) is 0 Å². The maximum absolute atomic E-state index is 13.0. The number of hydrogen-bond acceptors (Lipinski definition) is 2. The number of likely N-dealkylation sites (tertiary alicyclic amines) is 1. The van der Waals surface area contributed by atoms with Crippen LogP contribution in [0.2, 0.25) is 0 Å². The summed E-state index contributed by atoms with van der Waals surface area (Å²) >= 11 is 0. The van der Waals surface area contributed by atoms with Crippen molar-refractivity contribution in [1.29, 1.82) is 0 Å². The quantitative estimate of drug-likeness (QED) is 0.647. The van der Waals surface area contributed by atoms with Crippen LogP contribution in [-0.4, -0.2) is 30.4 Å². The second-order valence-electron chi connectivity index (χ2n) is 4.13. The Morgan fingerprint density at radius 1 is 1.33 bits per heavy atom. The van der Waals surface area contributed by atoms with E-state index in [9.17, 15) is 4.39 Å². The van der Waals surface area contributed by atoms with Gasteiger partial charge in [-0.25, -0.2) is 4.39 Å². The van der Waals surface area contributed by atoms with Crippen LogP contribution in [0.25, 0.3) is 0 Å². The molecule has 0 spiro atoms. The summed E-state index contributed by atoms with van der Waals surface area (Å²) in [6, 6.07) is 0. The largest absolute Gasteiger partial charge is 0.370 e. The molecule has 2 aliphatic rings. The molecule has 1 saturated heterocycles. The minimum Gasteiger partial charge on any atom is -0.370 e. The van der Waals surface area contributed by atoms with E-state index in [0.717, 1.165) is 30.9 Å². The van der Waals surface area contributed by atoms with Crippen molar-refractivity contribution in [2.75, 3.05) is 13.1 Å². The van der Waals surface area contributed by atoms with E-state index in [0.29, 0.717) is 12.8 Å². The van der Waals surface area contributed by atoms with Gasteiger partial charge in [-0.3, -0.25) is 4.99 Å². The average molecular weight is 208 g/mol. The van der Waals surface area contributed by atoms with Crippen LogP contribution >= 0.6 is 0 Å². The summed E-state index contributed by atoms with van der Waals surface area (Å²) in [7, 11) is 0. The molecule has 0 unspecified atom stereocenters. The maximum atomic E-state index is 13.0. The Balaban J connectivity index is 2.00. The topological polar surface area (TPSA) is 15.6 Å².